The quantitative estimate of drug-likeness (QED) is 0.547. The van der Waals surface area contributed by atoms with Gasteiger partial charge < -0.3 is 11.1 Å². The van der Waals surface area contributed by atoms with E-state index in [1.807, 2.05) is 18.2 Å². The van der Waals surface area contributed by atoms with Crippen LogP contribution in [0.25, 0.3) is 0 Å². The average Bonchev–Trinajstić information content (AvgIpc) is 2.29. The zero-order valence-electron chi connectivity index (χ0n) is 10.8. The topological polar surface area (TPSA) is 38.0 Å². The Morgan fingerprint density at radius 1 is 1.29 bits per heavy atom. The molecule has 0 aliphatic carbocycles. The molecule has 1 atom stereocenters. The van der Waals surface area contributed by atoms with Gasteiger partial charge in [0.2, 0.25) is 0 Å². The van der Waals surface area contributed by atoms with Gasteiger partial charge in [-0.05, 0) is 31.5 Å². The zero-order valence-corrected chi connectivity index (χ0v) is 11.6. The number of hydrogen-bond acceptors (Lipinski definition) is 2. The lowest BCUT2D eigenvalue weighted by atomic mass is 10.1. The van der Waals surface area contributed by atoms with Crippen LogP contribution >= 0.6 is 11.6 Å². The molecule has 0 saturated carbocycles. The molecule has 2 nitrogen and oxygen atoms in total. The molecule has 0 bridgehead atoms. The number of rotatable bonds is 7. The van der Waals surface area contributed by atoms with E-state index < -0.39 is 0 Å². The lowest BCUT2D eigenvalue weighted by Crippen LogP contribution is -2.15. The molecule has 0 aromatic heterocycles. The van der Waals surface area contributed by atoms with E-state index in [9.17, 15) is 0 Å². The lowest BCUT2D eigenvalue weighted by Gasteiger charge is -2.17. The highest BCUT2D eigenvalue weighted by molar-refractivity contribution is 6.31. The molecule has 1 unspecified atom stereocenters. The summed E-state index contributed by atoms with van der Waals surface area (Å²) in [6, 6.07) is 5.98. The fourth-order valence-electron chi connectivity index (χ4n) is 1.87. The summed E-state index contributed by atoms with van der Waals surface area (Å²) < 4.78 is 0. The first-order chi connectivity index (χ1) is 8.13. The normalized spacial score (nSPS) is 12.4. The number of benzene rings is 1. The molecule has 0 saturated heterocycles. The van der Waals surface area contributed by atoms with Crippen molar-refractivity contribution in [2.75, 3.05) is 11.1 Å². The highest BCUT2D eigenvalue weighted by Gasteiger charge is 2.05. The standard InChI is InChI=1S/C14H23ClN2/c1-3-4-5-6-7-11(2)17-14-10-12(15)8-9-13(14)16/h8-11,17H,3-7,16H2,1-2H3. The summed E-state index contributed by atoms with van der Waals surface area (Å²) in [4.78, 5) is 0. The summed E-state index contributed by atoms with van der Waals surface area (Å²) >= 11 is 5.95. The minimum absolute atomic E-state index is 0.438. The van der Waals surface area contributed by atoms with E-state index in [4.69, 9.17) is 17.3 Å². The molecule has 96 valence electrons. The first-order valence-corrected chi connectivity index (χ1v) is 6.83. The van der Waals surface area contributed by atoms with Crippen molar-refractivity contribution in [3.05, 3.63) is 23.2 Å². The SMILES string of the molecule is CCCCCCC(C)Nc1cc(Cl)ccc1N. The number of unbranched alkanes of at least 4 members (excludes halogenated alkanes) is 3. The number of halogens is 1. The van der Waals surface area contributed by atoms with Gasteiger partial charge in [-0.2, -0.15) is 0 Å². The summed E-state index contributed by atoms with van der Waals surface area (Å²) in [7, 11) is 0. The van der Waals surface area contributed by atoms with Gasteiger partial charge in [-0.15, -0.1) is 0 Å². The summed E-state index contributed by atoms with van der Waals surface area (Å²) in [5, 5.41) is 4.14. The second kappa shape index (κ2) is 7.44. The summed E-state index contributed by atoms with van der Waals surface area (Å²) in [5.74, 6) is 0. The zero-order chi connectivity index (χ0) is 12.7. The molecule has 1 rings (SSSR count). The molecule has 0 aliphatic heterocycles. The largest absolute Gasteiger partial charge is 0.397 e. The fraction of sp³-hybridized carbons (Fsp3) is 0.571. The van der Waals surface area contributed by atoms with Crippen LogP contribution in [0.2, 0.25) is 5.02 Å². The van der Waals surface area contributed by atoms with Crippen molar-refractivity contribution in [2.24, 2.45) is 0 Å². The van der Waals surface area contributed by atoms with Crippen molar-refractivity contribution in [3.8, 4) is 0 Å². The Labute approximate surface area is 110 Å². The van der Waals surface area contributed by atoms with Crippen LogP contribution in [0.4, 0.5) is 11.4 Å². The number of hydrogen-bond donors (Lipinski definition) is 2. The Hall–Kier alpha value is -0.890. The molecule has 3 heteroatoms. The van der Waals surface area contributed by atoms with Crippen LogP contribution in [0.1, 0.15) is 46.0 Å². The minimum atomic E-state index is 0.438. The van der Waals surface area contributed by atoms with Crippen molar-refractivity contribution < 1.29 is 0 Å². The van der Waals surface area contributed by atoms with Gasteiger partial charge in [0, 0.05) is 11.1 Å². The van der Waals surface area contributed by atoms with Gasteiger partial charge >= 0.3 is 0 Å². The van der Waals surface area contributed by atoms with Crippen LogP contribution in [0, 0.1) is 0 Å². The molecule has 1 aromatic carbocycles. The molecule has 0 amide bonds. The third-order valence-corrected chi connectivity index (χ3v) is 3.14. The van der Waals surface area contributed by atoms with E-state index in [2.05, 4.69) is 19.2 Å². The third-order valence-electron chi connectivity index (χ3n) is 2.91. The van der Waals surface area contributed by atoms with Gasteiger partial charge in [0.05, 0.1) is 11.4 Å². The lowest BCUT2D eigenvalue weighted by molar-refractivity contribution is 0.594. The predicted octanol–water partition coefficient (Wildman–Crippen LogP) is 4.69. The Morgan fingerprint density at radius 3 is 2.76 bits per heavy atom. The molecule has 17 heavy (non-hydrogen) atoms. The van der Waals surface area contributed by atoms with Crippen LogP contribution in [0.15, 0.2) is 18.2 Å². The van der Waals surface area contributed by atoms with Crippen molar-refractivity contribution in [1.82, 2.24) is 0 Å². The first-order valence-electron chi connectivity index (χ1n) is 6.45. The molecule has 0 heterocycles. The Bertz CT molecular complexity index is 339. The molecule has 0 radical (unpaired) electrons. The summed E-state index contributed by atoms with van der Waals surface area (Å²) in [5.41, 5.74) is 7.60. The van der Waals surface area contributed by atoms with Crippen molar-refractivity contribution in [1.29, 1.82) is 0 Å². The van der Waals surface area contributed by atoms with E-state index in [1.54, 1.807) is 0 Å². The van der Waals surface area contributed by atoms with Crippen LogP contribution in [-0.4, -0.2) is 6.04 Å². The van der Waals surface area contributed by atoms with Crippen molar-refractivity contribution >= 4 is 23.0 Å². The predicted molar refractivity (Wildman–Crippen MR) is 77.7 cm³/mol. The second-order valence-corrected chi connectivity index (χ2v) is 5.06. The highest BCUT2D eigenvalue weighted by atomic mass is 35.5. The molecular weight excluding hydrogens is 232 g/mol. The molecule has 1 aromatic rings. The van der Waals surface area contributed by atoms with Gasteiger partial charge in [-0.1, -0.05) is 44.2 Å². The van der Waals surface area contributed by atoms with E-state index in [0.717, 1.165) is 16.4 Å². The van der Waals surface area contributed by atoms with Crippen LogP contribution in [-0.2, 0) is 0 Å². The van der Waals surface area contributed by atoms with Crippen LogP contribution in [0.5, 0.6) is 0 Å². The summed E-state index contributed by atoms with van der Waals surface area (Å²) in [6.45, 7) is 4.42. The van der Waals surface area contributed by atoms with E-state index in [-0.39, 0.29) is 0 Å². The Kier molecular flexibility index (Phi) is 6.20. The van der Waals surface area contributed by atoms with Gasteiger partial charge in [-0.25, -0.2) is 0 Å². The monoisotopic (exact) mass is 254 g/mol. The van der Waals surface area contributed by atoms with E-state index in [1.165, 1.54) is 32.1 Å². The Morgan fingerprint density at radius 2 is 2.06 bits per heavy atom. The highest BCUT2D eigenvalue weighted by Crippen LogP contribution is 2.24. The molecule has 0 fully saturated rings. The van der Waals surface area contributed by atoms with Gasteiger partial charge in [0.1, 0.15) is 0 Å². The fourth-order valence-corrected chi connectivity index (χ4v) is 2.04. The van der Waals surface area contributed by atoms with Crippen LogP contribution < -0.4 is 11.1 Å². The van der Waals surface area contributed by atoms with Crippen molar-refractivity contribution in [3.63, 3.8) is 0 Å². The maximum absolute atomic E-state index is 5.95. The van der Waals surface area contributed by atoms with E-state index in [0.29, 0.717) is 6.04 Å². The van der Waals surface area contributed by atoms with Crippen molar-refractivity contribution in [2.45, 2.75) is 52.0 Å². The van der Waals surface area contributed by atoms with Gasteiger partial charge in [0.15, 0.2) is 0 Å². The minimum Gasteiger partial charge on any atom is -0.397 e. The average molecular weight is 255 g/mol. The molecule has 0 spiro atoms. The second-order valence-electron chi connectivity index (χ2n) is 4.63. The molecule has 3 N–H and O–H groups in total. The molecule has 0 aliphatic rings. The number of nitrogens with one attached hydrogen (secondary N) is 1. The maximum Gasteiger partial charge on any atom is 0.0590 e. The third kappa shape index (κ3) is 5.31. The maximum atomic E-state index is 5.95. The molecular formula is C14H23ClN2. The van der Waals surface area contributed by atoms with E-state index >= 15 is 0 Å². The summed E-state index contributed by atoms with van der Waals surface area (Å²) in [6.07, 6.45) is 6.36. The number of nitrogens with two attached hydrogens (primary N) is 1. The Balaban J connectivity index is 2.39. The first kappa shape index (κ1) is 14.2. The smallest absolute Gasteiger partial charge is 0.0590 e. The van der Waals surface area contributed by atoms with Gasteiger partial charge in [-0.3, -0.25) is 0 Å². The number of anilines is 2. The van der Waals surface area contributed by atoms with Gasteiger partial charge in [0.25, 0.3) is 0 Å². The number of nitrogen functional groups attached to an aromatic ring is 1. The van der Waals surface area contributed by atoms with Crippen LogP contribution in [0.3, 0.4) is 0 Å².